The molecule has 0 saturated heterocycles. The Kier molecular flexibility index (Phi) is 3.35. The normalized spacial score (nSPS) is 11.7. The molecule has 0 aliphatic carbocycles. The number of nitriles is 1. The van der Waals surface area contributed by atoms with Crippen LogP contribution in [0.5, 0.6) is 0 Å². The van der Waals surface area contributed by atoms with E-state index in [4.69, 9.17) is 0 Å². The zero-order valence-corrected chi connectivity index (χ0v) is 9.01. The van der Waals surface area contributed by atoms with Crippen LogP contribution in [0.3, 0.4) is 0 Å². The van der Waals surface area contributed by atoms with Crippen LogP contribution in [0, 0.1) is 11.3 Å². The van der Waals surface area contributed by atoms with Crippen LogP contribution in [-0.2, 0) is 6.42 Å². The fourth-order valence-electron chi connectivity index (χ4n) is 1.77. The molecular weight excluding hydrogens is 194 g/mol. The van der Waals surface area contributed by atoms with Gasteiger partial charge in [0.25, 0.3) is 0 Å². The molecule has 0 spiro atoms. The third kappa shape index (κ3) is 2.49. The van der Waals surface area contributed by atoms with Crippen LogP contribution in [0.2, 0.25) is 0 Å². The van der Waals surface area contributed by atoms with Crippen molar-refractivity contribution in [1.29, 1.82) is 5.26 Å². The van der Waals surface area contributed by atoms with E-state index in [1.807, 2.05) is 48.5 Å². The Morgan fingerprint density at radius 1 is 0.875 bits per heavy atom. The molecule has 0 heterocycles. The largest absolute Gasteiger partial charge is 0.198 e. The molecule has 78 valence electrons. The molecule has 0 radical (unpaired) electrons. The first kappa shape index (κ1) is 10.4. The molecule has 0 fully saturated rings. The fourth-order valence-corrected chi connectivity index (χ4v) is 1.77. The predicted octanol–water partition coefficient (Wildman–Crippen LogP) is 3.54. The van der Waals surface area contributed by atoms with Gasteiger partial charge in [-0.3, -0.25) is 0 Å². The quantitative estimate of drug-likeness (QED) is 0.755. The Bertz CT molecular complexity index is 468. The molecule has 2 aromatic rings. The molecule has 1 atom stereocenters. The lowest BCUT2D eigenvalue weighted by Crippen LogP contribution is -1.99. The fraction of sp³-hybridized carbons (Fsp3) is 0.133. The van der Waals surface area contributed by atoms with Gasteiger partial charge in [-0.05, 0) is 17.5 Å². The van der Waals surface area contributed by atoms with E-state index in [1.54, 1.807) is 0 Å². The molecule has 0 bridgehead atoms. The first-order valence-electron chi connectivity index (χ1n) is 5.38. The first-order valence-corrected chi connectivity index (χ1v) is 5.38. The lowest BCUT2D eigenvalue weighted by atomic mass is 9.93. The van der Waals surface area contributed by atoms with E-state index >= 15 is 0 Å². The molecular formula is C15H13N. The summed E-state index contributed by atoms with van der Waals surface area (Å²) in [6, 6.07) is 22.5. The summed E-state index contributed by atoms with van der Waals surface area (Å²) >= 11 is 0. The monoisotopic (exact) mass is 207 g/mol. The highest BCUT2D eigenvalue weighted by Gasteiger charge is 2.10. The molecule has 0 aliphatic rings. The Hall–Kier alpha value is -2.07. The van der Waals surface area contributed by atoms with E-state index in [9.17, 15) is 5.26 Å². The van der Waals surface area contributed by atoms with Gasteiger partial charge in [0.2, 0.25) is 0 Å². The van der Waals surface area contributed by atoms with Crippen LogP contribution < -0.4 is 0 Å². The molecule has 0 saturated carbocycles. The Balaban J connectivity index is 2.17. The summed E-state index contributed by atoms with van der Waals surface area (Å²) in [7, 11) is 0. The van der Waals surface area contributed by atoms with Crippen LogP contribution in [-0.4, -0.2) is 0 Å². The van der Waals surface area contributed by atoms with Crippen molar-refractivity contribution in [2.75, 3.05) is 0 Å². The number of hydrogen-bond donors (Lipinski definition) is 0. The zero-order chi connectivity index (χ0) is 11.2. The molecule has 0 aliphatic heterocycles. The summed E-state index contributed by atoms with van der Waals surface area (Å²) in [6.07, 6.45) is 0.779. The van der Waals surface area contributed by atoms with E-state index in [-0.39, 0.29) is 5.92 Å². The number of rotatable bonds is 3. The summed E-state index contributed by atoms with van der Waals surface area (Å²) in [5.41, 5.74) is 2.30. The summed E-state index contributed by atoms with van der Waals surface area (Å²) in [6.45, 7) is 0. The van der Waals surface area contributed by atoms with Crippen molar-refractivity contribution in [3.05, 3.63) is 71.8 Å². The summed E-state index contributed by atoms with van der Waals surface area (Å²) in [5, 5.41) is 9.19. The highest BCUT2D eigenvalue weighted by atomic mass is 14.3. The van der Waals surface area contributed by atoms with E-state index in [1.165, 1.54) is 5.56 Å². The van der Waals surface area contributed by atoms with Crippen molar-refractivity contribution in [2.24, 2.45) is 0 Å². The number of nitrogens with zero attached hydrogens (tertiary/aromatic N) is 1. The van der Waals surface area contributed by atoms with E-state index < -0.39 is 0 Å². The maximum absolute atomic E-state index is 9.19. The topological polar surface area (TPSA) is 23.8 Å². The lowest BCUT2D eigenvalue weighted by molar-refractivity contribution is 0.849. The molecule has 0 N–H and O–H groups in total. The summed E-state index contributed by atoms with van der Waals surface area (Å²) in [5.74, 6) is -0.0522. The zero-order valence-electron chi connectivity index (χ0n) is 9.01. The van der Waals surface area contributed by atoms with Gasteiger partial charge in [0.05, 0.1) is 12.0 Å². The summed E-state index contributed by atoms with van der Waals surface area (Å²) in [4.78, 5) is 0. The Morgan fingerprint density at radius 2 is 1.44 bits per heavy atom. The van der Waals surface area contributed by atoms with Gasteiger partial charge < -0.3 is 0 Å². The van der Waals surface area contributed by atoms with Crippen molar-refractivity contribution in [3.63, 3.8) is 0 Å². The summed E-state index contributed by atoms with van der Waals surface area (Å²) < 4.78 is 0. The van der Waals surface area contributed by atoms with E-state index in [0.29, 0.717) is 0 Å². The molecule has 2 rings (SSSR count). The maximum atomic E-state index is 9.19. The van der Waals surface area contributed by atoms with Gasteiger partial charge in [0.1, 0.15) is 0 Å². The minimum atomic E-state index is -0.0522. The highest BCUT2D eigenvalue weighted by molar-refractivity contribution is 5.28. The Labute approximate surface area is 96.0 Å². The average molecular weight is 207 g/mol. The smallest absolute Gasteiger partial charge is 0.0753 e. The van der Waals surface area contributed by atoms with Crippen LogP contribution >= 0.6 is 0 Å². The highest BCUT2D eigenvalue weighted by Crippen LogP contribution is 2.19. The van der Waals surface area contributed by atoms with Crippen molar-refractivity contribution in [1.82, 2.24) is 0 Å². The third-order valence-electron chi connectivity index (χ3n) is 2.64. The minimum absolute atomic E-state index is 0.0522. The second kappa shape index (κ2) is 5.14. The SMILES string of the molecule is N#CC(Cc1ccccc1)c1ccccc1. The third-order valence-corrected chi connectivity index (χ3v) is 2.64. The van der Waals surface area contributed by atoms with Gasteiger partial charge in [0, 0.05) is 0 Å². The molecule has 0 amide bonds. The molecule has 1 unspecified atom stereocenters. The van der Waals surface area contributed by atoms with Crippen LogP contribution in [0.1, 0.15) is 17.0 Å². The molecule has 0 aromatic heterocycles. The maximum Gasteiger partial charge on any atom is 0.0753 e. The van der Waals surface area contributed by atoms with Gasteiger partial charge in [-0.15, -0.1) is 0 Å². The van der Waals surface area contributed by atoms with Crippen molar-refractivity contribution < 1.29 is 0 Å². The van der Waals surface area contributed by atoms with Gasteiger partial charge in [-0.25, -0.2) is 0 Å². The molecule has 1 heteroatoms. The molecule has 16 heavy (non-hydrogen) atoms. The van der Waals surface area contributed by atoms with Crippen LogP contribution in [0.15, 0.2) is 60.7 Å². The Morgan fingerprint density at radius 3 is 2.00 bits per heavy atom. The second-order valence-corrected chi connectivity index (χ2v) is 3.78. The minimum Gasteiger partial charge on any atom is -0.198 e. The van der Waals surface area contributed by atoms with E-state index in [2.05, 4.69) is 18.2 Å². The second-order valence-electron chi connectivity index (χ2n) is 3.78. The number of benzene rings is 2. The van der Waals surface area contributed by atoms with Gasteiger partial charge in [-0.2, -0.15) is 5.26 Å². The predicted molar refractivity (Wildman–Crippen MR) is 64.9 cm³/mol. The van der Waals surface area contributed by atoms with Crippen molar-refractivity contribution >= 4 is 0 Å². The molecule has 2 aromatic carbocycles. The van der Waals surface area contributed by atoms with Crippen LogP contribution in [0.4, 0.5) is 0 Å². The average Bonchev–Trinajstić information content (AvgIpc) is 2.38. The first-order chi connectivity index (χ1) is 7.90. The van der Waals surface area contributed by atoms with Crippen LogP contribution in [0.25, 0.3) is 0 Å². The molecule has 1 nitrogen and oxygen atoms in total. The van der Waals surface area contributed by atoms with Gasteiger partial charge in [-0.1, -0.05) is 60.7 Å². The standard InChI is InChI=1S/C15H13N/c16-12-15(14-9-5-2-6-10-14)11-13-7-3-1-4-8-13/h1-10,15H,11H2. The van der Waals surface area contributed by atoms with Crippen molar-refractivity contribution in [3.8, 4) is 6.07 Å². The lowest BCUT2D eigenvalue weighted by Gasteiger charge is -2.08. The van der Waals surface area contributed by atoms with Crippen molar-refractivity contribution in [2.45, 2.75) is 12.3 Å². The van der Waals surface area contributed by atoms with E-state index in [0.717, 1.165) is 12.0 Å². The van der Waals surface area contributed by atoms with Gasteiger partial charge >= 0.3 is 0 Å². The van der Waals surface area contributed by atoms with Gasteiger partial charge in [0.15, 0.2) is 0 Å². The number of hydrogen-bond acceptors (Lipinski definition) is 1.